The first-order chi connectivity index (χ1) is 8.72. The summed E-state index contributed by atoms with van der Waals surface area (Å²) in [6, 6.07) is 1.93. The molecule has 1 aromatic rings. The van der Waals surface area contributed by atoms with E-state index in [-0.39, 0.29) is 0 Å². The fraction of sp³-hybridized carbons (Fsp3) is 0.286. The molecule has 0 atom stereocenters. The molecule has 0 saturated heterocycles. The number of aromatic nitrogens is 3. The number of aromatic amines is 2. The molecule has 2 N–H and O–H groups in total. The average molecular weight is 244 g/mol. The first-order valence-corrected chi connectivity index (χ1v) is 6.01. The van der Waals surface area contributed by atoms with Crippen molar-refractivity contribution in [2.75, 3.05) is 0 Å². The molecular formula is C14H20N4. The quantitative estimate of drug-likeness (QED) is 0.780. The van der Waals surface area contributed by atoms with Gasteiger partial charge in [0.25, 0.3) is 0 Å². The lowest BCUT2D eigenvalue weighted by atomic mass is 10.2. The van der Waals surface area contributed by atoms with Gasteiger partial charge in [-0.15, -0.1) is 0 Å². The molecule has 0 radical (unpaired) electrons. The van der Waals surface area contributed by atoms with Gasteiger partial charge in [-0.2, -0.15) is 0 Å². The van der Waals surface area contributed by atoms with E-state index in [9.17, 15) is 0 Å². The number of H-pyrrole nitrogens is 2. The maximum Gasteiger partial charge on any atom is 0.170 e. The summed E-state index contributed by atoms with van der Waals surface area (Å²) in [6.07, 6.45) is 8.19. The standard InChI is InChI=1S/C14H20N4/c1-5-9-15-13(7-3)14-16-10-8-11(4)12(6-2)17-18-14/h6-10,17H,2,5H2,1,3-4H3,(H,16,18)/b10-8?,12-11?,13-7-,15-9?. The lowest BCUT2D eigenvalue weighted by Crippen LogP contribution is -1.95. The van der Waals surface area contributed by atoms with Gasteiger partial charge >= 0.3 is 0 Å². The van der Waals surface area contributed by atoms with Crippen molar-refractivity contribution in [3.05, 3.63) is 42.0 Å². The monoisotopic (exact) mass is 244 g/mol. The highest BCUT2D eigenvalue weighted by Crippen LogP contribution is 2.09. The van der Waals surface area contributed by atoms with Crippen LogP contribution < -0.4 is 0 Å². The molecule has 0 bridgehead atoms. The summed E-state index contributed by atoms with van der Waals surface area (Å²) in [5, 5.41) is 6.13. The second-order valence-electron chi connectivity index (χ2n) is 3.74. The van der Waals surface area contributed by atoms with Crippen LogP contribution in [0.4, 0.5) is 0 Å². The van der Waals surface area contributed by atoms with E-state index < -0.39 is 0 Å². The molecule has 0 aliphatic rings. The second kappa shape index (κ2) is 7.27. The molecule has 1 rings (SSSR count). The van der Waals surface area contributed by atoms with Gasteiger partial charge in [0, 0.05) is 12.4 Å². The van der Waals surface area contributed by atoms with Gasteiger partial charge in [-0.3, -0.25) is 15.2 Å². The predicted octanol–water partition coefficient (Wildman–Crippen LogP) is 3.66. The predicted molar refractivity (Wildman–Crippen MR) is 77.8 cm³/mol. The fourth-order valence-corrected chi connectivity index (χ4v) is 1.38. The lowest BCUT2D eigenvalue weighted by molar-refractivity contribution is 0.952. The summed E-state index contributed by atoms with van der Waals surface area (Å²) in [5.74, 6) is 0.685. The summed E-state index contributed by atoms with van der Waals surface area (Å²) in [7, 11) is 0. The summed E-state index contributed by atoms with van der Waals surface area (Å²) < 4.78 is 0. The van der Waals surface area contributed by atoms with Crippen LogP contribution in [0.1, 0.15) is 37.4 Å². The topological polar surface area (TPSA) is 56.8 Å². The Balaban J connectivity index is 3.26. The number of aryl methyl sites for hydroxylation is 1. The molecule has 1 aromatic heterocycles. The van der Waals surface area contributed by atoms with Crippen molar-refractivity contribution in [3.63, 3.8) is 0 Å². The van der Waals surface area contributed by atoms with Crippen LogP contribution in [0, 0.1) is 6.92 Å². The molecule has 0 saturated carbocycles. The Kier molecular flexibility index (Phi) is 5.64. The van der Waals surface area contributed by atoms with Gasteiger partial charge in [-0.1, -0.05) is 19.6 Å². The van der Waals surface area contributed by atoms with E-state index in [0.29, 0.717) is 5.82 Å². The van der Waals surface area contributed by atoms with Crippen molar-refractivity contribution >= 4 is 18.0 Å². The van der Waals surface area contributed by atoms with E-state index in [1.807, 2.05) is 39.1 Å². The lowest BCUT2D eigenvalue weighted by Gasteiger charge is -2.02. The Morgan fingerprint density at radius 3 is 2.89 bits per heavy atom. The molecule has 0 aliphatic carbocycles. The van der Waals surface area contributed by atoms with Crippen LogP contribution in [0.5, 0.6) is 0 Å². The molecule has 0 aromatic carbocycles. The third kappa shape index (κ3) is 3.73. The maximum absolute atomic E-state index is 4.35. The van der Waals surface area contributed by atoms with Gasteiger partial charge in [0.05, 0.1) is 5.69 Å². The molecular weight excluding hydrogens is 224 g/mol. The minimum Gasteiger partial charge on any atom is -0.299 e. The van der Waals surface area contributed by atoms with Gasteiger partial charge in [0.1, 0.15) is 5.70 Å². The second-order valence-corrected chi connectivity index (χ2v) is 3.74. The van der Waals surface area contributed by atoms with E-state index in [1.54, 1.807) is 12.3 Å². The first-order valence-electron chi connectivity index (χ1n) is 6.01. The third-order valence-electron chi connectivity index (χ3n) is 2.40. The largest absolute Gasteiger partial charge is 0.299 e. The molecule has 0 spiro atoms. The van der Waals surface area contributed by atoms with Crippen LogP contribution in [0.25, 0.3) is 11.8 Å². The third-order valence-corrected chi connectivity index (χ3v) is 2.40. The Labute approximate surface area is 108 Å². The maximum atomic E-state index is 4.35. The van der Waals surface area contributed by atoms with Crippen molar-refractivity contribution in [2.45, 2.75) is 27.2 Å². The van der Waals surface area contributed by atoms with Crippen molar-refractivity contribution in [2.24, 2.45) is 4.99 Å². The van der Waals surface area contributed by atoms with E-state index in [1.165, 1.54) is 0 Å². The molecule has 18 heavy (non-hydrogen) atoms. The first kappa shape index (κ1) is 14.0. The zero-order valence-electron chi connectivity index (χ0n) is 11.2. The van der Waals surface area contributed by atoms with E-state index >= 15 is 0 Å². The zero-order chi connectivity index (χ0) is 13.4. The molecule has 0 unspecified atom stereocenters. The SMILES string of the molecule is C=Cc1[nH][nH]c(/C(=C/C)N=CCC)nccc1C. The van der Waals surface area contributed by atoms with Gasteiger partial charge in [0.15, 0.2) is 5.82 Å². The van der Waals surface area contributed by atoms with Crippen LogP contribution in [-0.2, 0) is 0 Å². The Morgan fingerprint density at radius 2 is 2.28 bits per heavy atom. The highest BCUT2D eigenvalue weighted by Gasteiger charge is 1.98. The van der Waals surface area contributed by atoms with Crippen LogP contribution in [0.2, 0.25) is 0 Å². The van der Waals surface area contributed by atoms with Crippen LogP contribution in [-0.4, -0.2) is 21.4 Å². The Morgan fingerprint density at radius 1 is 1.50 bits per heavy atom. The average Bonchev–Trinajstić information content (AvgIpc) is 2.36. The number of hydrogen-bond donors (Lipinski definition) is 2. The summed E-state index contributed by atoms with van der Waals surface area (Å²) in [6.45, 7) is 9.74. The van der Waals surface area contributed by atoms with Crippen molar-refractivity contribution in [1.29, 1.82) is 0 Å². The van der Waals surface area contributed by atoms with Crippen molar-refractivity contribution in [3.8, 4) is 0 Å². The number of allylic oxidation sites excluding steroid dienone is 1. The highest BCUT2D eigenvalue weighted by atomic mass is 15.1. The molecule has 0 fully saturated rings. The molecule has 4 nitrogen and oxygen atoms in total. The zero-order valence-corrected chi connectivity index (χ0v) is 11.2. The minimum absolute atomic E-state index is 0.685. The molecule has 1 heterocycles. The number of hydrogen-bond acceptors (Lipinski definition) is 2. The highest BCUT2D eigenvalue weighted by molar-refractivity contribution is 5.70. The van der Waals surface area contributed by atoms with Gasteiger partial charge < -0.3 is 0 Å². The van der Waals surface area contributed by atoms with Crippen molar-refractivity contribution in [1.82, 2.24) is 15.2 Å². The smallest absolute Gasteiger partial charge is 0.170 e. The number of aliphatic imine (C=N–C) groups is 1. The van der Waals surface area contributed by atoms with Crippen LogP contribution in [0.3, 0.4) is 0 Å². The van der Waals surface area contributed by atoms with E-state index in [0.717, 1.165) is 23.4 Å². The number of rotatable bonds is 4. The Hall–Kier alpha value is -2.10. The fourth-order valence-electron chi connectivity index (χ4n) is 1.38. The molecule has 96 valence electrons. The summed E-state index contributed by atoms with van der Waals surface area (Å²) in [5.41, 5.74) is 2.80. The van der Waals surface area contributed by atoms with Crippen molar-refractivity contribution < 1.29 is 0 Å². The van der Waals surface area contributed by atoms with Gasteiger partial charge in [0.2, 0.25) is 0 Å². The van der Waals surface area contributed by atoms with Gasteiger partial charge in [-0.05, 0) is 38.0 Å². The molecule has 0 aliphatic heterocycles. The van der Waals surface area contributed by atoms with Crippen LogP contribution >= 0.6 is 0 Å². The van der Waals surface area contributed by atoms with Crippen LogP contribution in [0.15, 0.2) is 29.9 Å². The summed E-state index contributed by atoms with van der Waals surface area (Å²) in [4.78, 5) is 8.69. The normalized spacial score (nSPS) is 11.6. The van der Waals surface area contributed by atoms with Gasteiger partial charge in [-0.25, -0.2) is 4.98 Å². The number of nitrogens with zero attached hydrogens (tertiary/aromatic N) is 2. The number of nitrogens with one attached hydrogen (secondary N) is 2. The van der Waals surface area contributed by atoms with E-state index in [4.69, 9.17) is 0 Å². The summed E-state index contributed by atoms with van der Waals surface area (Å²) >= 11 is 0. The van der Waals surface area contributed by atoms with E-state index in [2.05, 4.69) is 26.8 Å². The minimum atomic E-state index is 0.685. The Bertz CT molecular complexity index is 502. The molecule has 0 amide bonds. The molecule has 4 heteroatoms.